The lowest BCUT2D eigenvalue weighted by Crippen LogP contribution is -2.49. The Bertz CT molecular complexity index is 1130. The van der Waals surface area contributed by atoms with E-state index in [2.05, 4.69) is 11.1 Å². The summed E-state index contributed by atoms with van der Waals surface area (Å²) < 4.78 is 3.79. The van der Waals surface area contributed by atoms with Crippen LogP contribution in [-0.4, -0.2) is 38.0 Å². The molecule has 1 fully saturated rings. The van der Waals surface area contributed by atoms with Gasteiger partial charge in [0.1, 0.15) is 5.82 Å². The molecule has 2 aliphatic heterocycles. The molecule has 5 rings (SSSR count). The van der Waals surface area contributed by atoms with Gasteiger partial charge in [0, 0.05) is 50.7 Å². The monoisotopic (exact) mass is 394 g/mol. The Morgan fingerprint density at radius 3 is 2.79 bits per heavy atom. The van der Waals surface area contributed by atoms with Gasteiger partial charge in [-0.1, -0.05) is 0 Å². The Labute approximate surface area is 167 Å². The highest BCUT2D eigenvalue weighted by atomic mass is 32.1. The van der Waals surface area contributed by atoms with Gasteiger partial charge in [-0.2, -0.15) is 0 Å². The van der Waals surface area contributed by atoms with E-state index in [-0.39, 0.29) is 17.4 Å². The summed E-state index contributed by atoms with van der Waals surface area (Å²) in [4.78, 5) is 33.3. The van der Waals surface area contributed by atoms with Crippen LogP contribution in [0.5, 0.6) is 0 Å². The van der Waals surface area contributed by atoms with Crippen molar-refractivity contribution in [1.29, 1.82) is 0 Å². The predicted molar refractivity (Wildman–Crippen MR) is 109 cm³/mol. The van der Waals surface area contributed by atoms with Crippen molar-refractivity contribution in [1.82, 2.24) is 19.0 Å². The van der Waals surface area contributed by atoms with E-state index in [0.717, 1.165) is 22.6 Å². The number of aromatic nitrogens is 3. The first-order valence-electron chi connectivity index (χ1n) is 9.57. The van der Waals surface area contributed by atoms with Gasteiger partial charge in [0.2, 0.25) is 0 Å². The lowest BCUT2D eigenvalue weighted by atomic mass is 9.83. The van der Waals surface area contributed by atoms with Crippen molar-refractivity contribution in [3.63, 3.8) is 0 Å². The van der Waals surface area contributed by atoms with Gasteiger partial charge in [0.05, 0.1) is 10.4 Å². The van der Waals surface area contributed by atoms with E-state index in [1.54, 1.807) is 6.20 Å². The van der Waals surface area contributed by atoms with Gasteiger partial charge >= 0.3 is 0 Å². The summed E-state index contributed by atoms with van der Waals surface area (Å²) in [5.41, 5.74) is 2.75. The summed E-state index contributed by atoms with van der Waals surface area (Å²) in [5, 5.41) is 1.97. The molecule has 28 heavy (non-hydrogen) atoms. The molecular formula is C21H22N4O2S. The van der Waals surface area contributed by atoms with E-state index >= 15 is 0 Å². The number of hydrogen-bond acceptors (Lipinski definition) is 4. The van der Waals surface area contributed by atoms with Crippen LogP contribution >= 0.6 is 11.3 Å². The Balaban J connectivity index is 1.49. The number of likely N-dealkylation sites (tertiary alicyclic amines) is 1. The molecule has 7 heteroatoms. The van der Waals surface area contributed by atoms with Crippen molar-refractivity contribution in [2.45, 2.75) is 25.8 Å². The number of hydrogen-bond donors (Lipinski definition) is 0. The molecule has 6 nitrogen and oxygen atoms in total. The topological polar surface area (TPSA) is 60.1 Å². The summed E-state index contributed by atoms with van der Waals surface area (Å²) in [6.07, 6.45) is 4.60. The molecule has 1 saturated heterocycles. The fraction of sp³-hybridized carbons (Fsp3) is 0.381. The number of aryl methyl sites for hydroxylation is 2. The summed E-state index contributed by atoms with van der Waals surface area (Å²) in [7, 11) is 1.90. The zero-order valence-corrected chi connectivity index (χ0v) is 16.8. The van der Waals surface area contributed by atoms with Gasteiger partial charge in [0.25, 0.3) is 11.5 Å². The third kappa shape index (κ3) is 2.64. The first-order chi connectivity index (χ1) is 13.5. The highest BCUT2D eigenvalue weighted by molar-refractivity contribution is 7.12. The molecule has 0 aliphatic carbocycles. The molecule has 0 saturated carbocycles. The molecule has 1 amide bonds. The summed E-state index contributed by atoms with van der Waals surface area (Å²) in [6.45, 7) is 4.04. The first-order valence-corrected chi connectivity index (χ1v) is 10.5. The predicted octanol–water partition coefficient (Wildman–Crippen LogP) is 2.88. The summed E-state index contributed by atoms with van der Waals surface area (Å²) in [6, 6.07) is 5.94. The Morgan fingerprint density at radius 1 is 1.21 bits per heavy atom. The zero-order chi connectivity index (χ0) is 19.4. The molecule has 0 radical (unpaired) electrons. The molecule has 0 spiro atoms. The van der Waals surface area contributed by atoms with Gasteiger partial charge in [-0.25, -0.2) is 4.98 Å². The van der Waals surface area contributed by atoms with E-state index in [0.29, 0.717) is 36.9 Å². The molecule has 3 aromatic rings. The Hall–Kier alpha value is -2.67. The maximum Gasteiger partial charge on any atom is 0.264 e. The van der Waals surface area contributed by atoms with Crippen molar-refractivity contribution in [3.05, 3.63) is 62.5 Å². The van der Waals surface area contributed by atoms with Crippen LogP contribution in [0.25, 0.3) is 11.4 Å². The van der Waals surface area contributed by atoms with Crippen LogP contribution in [0.4, 0.5) is 0 Å². The molecule has 2 atom stereocenters. The number of nitrogens with zero attached hydrogens (tertiary/aromatic N) is 4. The lowest BCUT2D eigenvalue weighted by Gasteiger charge is -2.42. The SMILES string of the molecule is Cc1ccsc1C(=O)N1C[C@@H]2C[C@H](C1)c1ccc(-c3nccn3C)c(=O)n1C2. The van der Waals surface area contributed by atoms with Crippen LogP contribution in [0.1, 0.15) is 33.3 Å². The van der Waals surface area contributed by atoms with Crippen LogP contribution in [0.3, 0.4) is 0 Å². The molecule has 2 bridgehead atoms. The maximum absolute atomic E-state index is 13.2. The number of rotatable bonds is 2. The number of fused-ring (bicyclic) bond motifs is 4. The molecule has 0 aromatic carbocycles. The van der Waals surface area contributed by atoms with E-state index in [1.165, 1.54) is 11.3 Å². The minimum Gasteiger partial charge on any atom is -0.337 e. The molecule has 5 heterocycles. The van der Waals surface area contributed by atoms with Crippen LogP contribution < -0.4 is 5.56 Å². The van der Waals surface area contributed by atoms with Crippen LogP contribution in [0.15, 0.2) is 40.8 Å². The molecule has 0 N–H and O–H groups in total. The molecule has 2 aliphatic rings. The normalized spacial score (nSPS) is 20.9. The molecule has 3 aromatic heterocycles. The van der Waals surface area contributed by atoms with Gasteiger partial charge in [-0.15, -0.1) is 11.3 Å². The van der Waals surface area contributed by atoms with Crippen LogP contribution in [0.2, 0.25) is 0 Å². The fourth-order valence-corrected chi connectivity index (χ4v) is 5.53. The Kier molecular flexibility index (Phi) is 4.01. The second kappa shape index (κ2) is 6.44. The molecular weight excluding hydrogens is 372 g/mol. The number of amides is 1. The number of piperidine rings is 1. The number of carbonyl (C=O) groups excluding carboxylic acids is 1. The van der Waals surface area contributed by atoms with Crippen molar-refractivity contribution >= 4 is 17.2 Å². The number of pyridine rings is 1. The zero-order valence-electron chi connectivity index (χ0n) is 16.0. The maximum atomic E-state index is 13.2. The van der Waals surface area contributed by atoms with E-state index in [9.17, 15) is 9.59 Å². The van der Waals surface area contributed by atoms with E-state index in [1.807, 2.05) is 51.7 Å². The standard InChI is InChI=1S/C21H22N4O2S/c1-13-5-8-28-18(13)21(27)24-10-14-9-15(12-24)17-4-3-16(20(26)25(17)11-14)19-22-6-7-23(19)2/h3-8,14-15H,9-12H2,1-2H3/t14-,15+/m0/s1. The summed E-state index contributed by atoms with van der Waals surface area (Å²) in [5.74, 6) is 1.34. The quantitative estimate of drug-likeness (QED) is 0.672. The Morgan fingerprint density at radius 2 is 2.07 bits per heavy atom. The minimum atomic E-state index is 0.0235. The third-order valence-corrected chi connectivity index (χ3v) is 7.01. The van der Waals surface area contributed by atoms with Crippen molar-refractivity contribution < 1.29 is 4.79 Å². The van der Waals surface area contributed by atoms with Crippen molar-refractivity contribution in [3.8, 4) is 11.4 Å². The van der Waals surface area contributed by atoms with Crippen LogP contribution in [0, 0.1) is 12.8 Å². The number of thiophene rings is 1. The highest BCUT2D eigenvalue weighted by Crippen LogP contribution is 2.36. The first kappa shape index (κ1) is 17.4. The number of carbonyl (C=O) groups is 1. The molecule has 0 unspecified atom stereocenters. The third-order valence-electron chi connectivity index (χ3n) is 6.01. The molecule has 144 valence electrons. The van der Waals surface area contributed by atoms with E-state index < -0.39 is 0 Å². The number of imidazole rings is 1. The van der Waals surface area contributed by atoms with Crippen molar-refractivity contribution in [2.24, 2.45) is 13.0 Å². The van der Waals surface area contributed by atoms with Crippen LogP contribution in [-0.2, 0) is 13.6 Å². The smallest absolute Gasteiger partial charge is 0.264 e. The van der Waals surface area contributed by atoms with E-state index in [4.69, 9.17) is 0 Å². The second-order valence-corrected chi connectivity index (χ2v) is 8.81. The lowest BCUT2D eigenvalue weighted by molar-refractivity contribution is 0.0599. The van der Waals surface area contributed by atoms with Gasteiger partial charge in [-0.05, 0) is 48.4 Å². The van der Waals surface area contributed by atoms with Gasteiger partial charge in [0.15, 0.2) is 0 Å². The second-order valence-electron chi connectivity index (χ2n) is 7.89. The summed E-state index contributed by atoms with van der Waals surface area (Å²) >= 11 is 1.51. The minimum absolute atomic E-state index is 0.0235. The average molecular weight is 395 g/mol. The van der Waals surface area contributed by atoms with Crippen molar-refractivity contribution in [2.75, 3.05) is 13.1 Å². The average Bonchev–Trinajstić information content (AvgIpc) is 3.30. The van der Waals surface area contributed by atoms with Gasteiger partial charge < -0.3 is 14.0 Å². The van der Waals surface area contributed by atoms with Gasteiger partial charge in [-0.3, -0.25) is 9.59 Å². The fourth-order valence-electron chi connectivity index (χ4n) is 4.64. The highest BCUT2D eigenvalue weighted by Gasteiger charge is 2.37. The largest absolute Gasteiger partial charge is 0.337 e.